The standard InChI is InChI=1S/C33H38ClN7O7S/c34-27-2-1-25(30(42)17-27)5-16-49(45,46)40-22-28(18-31(43)38-8-12-47-13-9-38)41(29(23-40)19-32(44)39-10-14-48-15-11-39)33-36-20-26(21-37-33)24-3-6-35-7-4-24/h1-7,16-17,20-21,28-29,42H,8-15,18-19,22-23H2. The molecule has 0 radical (unpaired) electrons. The maximum atomic E-state index is 13.9. The van der Waals surface area contributed by atoms with E-state index in [1.165, 1.54) is 22.5 Å². The average Bonchev–Trinajstić information content (AvgIpc) is 3.12. The minimum atomic E-state index is -4.10. The Hall–Kier alpha value is -4.15. The second-order valence-electron chi connectivity index (χ2n) is 12.0. The number of amides is 2. The van der Waals surface area contributed by atoms with Gasteiger partial charge in [0.05, 0.1) is 38.5 Å². The maximum absolute atomic E-state index is 13.9. The summed E-state index contributed by atoms with van der Waals surface area (Å²) in [6, 6.07) is 6.66. The van der Waals surface area contributed by atoms with Crippen LogP contribution in [0.4, 0.5) is 5.95 Å². The van der Waals surface area contributed by atoms with E-state index in [4.69, 9.17) is 21.1 Å². The lowest BCUT2D eigenvalue weighted by atomic mass is 10.0. The third-order valence-corrected chi connectivity index (χ3v) is 10.6. The number of piperazine rings is 1. The van der Waals surface area contributed by atoms with E-state index < -0.39 is 22.1 Å². The van der Waals surface area contributed by atoms with E-state index in [1.807, 2.05) is 17.0 Å². The number of phenolic OH excluding ortho intramolecular Hbond substituents is 1. The molecular weight excluding hydrogens is 674 g/mol. The van der Waals surface area contributed by atoms with Gasteiger partial charge in [-0.15, -0.1) is 0 Å². The smallest absolute Gasteiger partial charge is 0.236 e. The van der Waals surface area contributed by atoms with Crippen molar-refractivity contribution in [3.8, 4) is 16.9 Å². The Morgan fingerprint density at radius 2 is 1.41 bits per heavy atom. The Kier molecular flexibility index (Phi) is 11.0. The molecule has 6 rings (SSSR count). The first-order valence-electron chi connectivity index (χ1n) is 16.1. The van der Waals surface area contributed by atoms with Crippen LogP contribution in [0.5, 0.6) is 5.75 Å². The summed E-state index contributed by atoms with van der Waals surface area (Å²) < 4.78 is 40.0. The van der Waals surface area contributed by atoms with E-state index in [0.717, 1.165) is 16.5 Å². The number of aromatic hydroxyl groups is 1. The van der Waals surface area contributed by atoms with Crippen molar-refractivity contribution in [2.24, 2.45) is 0 Å². The number of benzene rings is 1. The molecule has 2 amide bonds. The monoisotopic (exact) mass is 711 g/mol. The van der Waals surface area contributed by atoms with Crippen LogP contribution in [0.2, 0.25) is 5.02 Å². The predicted octanol–water partition coefficient (Wildman–Crippen LogP) is 2.26. The summed E-state index contributed by atoms with van der Waals surface area (Å²) in [6.07, 6.45) is 7.92. The molecule has 2 unspecified atom stereocenters. The highest BCUT2D eigenvalue weighted by atomic mass is 35.5. The number of rotatable bonds is 9. The Bertz CT molecular complexity index is 1710. The fraction of sp³-hybridized carbons (Fsp3) is 0.424. The first-order chi connectivity index (χ1) is 23.7. The number of anilines is 1. The van der Waals surface area contributed by atoms with Crippen molar-refractivity contribution in [2.75, 3.05) is 70.6 Å². The quantitative estimate of drug-likeness (QED) is 0.347. The normalized spacial score (nSPS) is 20.9. The highest BCUT2D eigenvalue weighted by Crippen LogP contribution is 2.30. The summed E-state index contributed by atoms with van der Waals surface area (Å²) in [5, 5.41) is 11.6. The Morgan fingerprint density at radius 1 is 0.857 bits per heavy atom. The summed E-state index contributed by atoms with van der Waals surface area (Å²) >= 11 is 5.96. The molecule has 5 heterocycles. The minimum absolute atomic E-state index is 0.0363. The zero-order valence-corrected chi connectivity index (χ0v) is 28.4. The summed E-state index contributed by atoms with van der Waals surface area (Å²) in [6.45, 7) is 3.25. The van der Waals surface area contributed by atoms with Crippen LogP contribution in [0.1, 0.15) is 18.4 Å². The zero-order chi connectivity index (χ0) is 34.4. The number of halogens is 1. The molecule has 14 nitrogen and oxygen atoms in total. The molecule has 3 aliphatic heterocycles. The van der Waals surface area contributed by atoms with Crippen LogP contribution in [0.3, 0.4) is 0 Å². The number of nitrogens with zero attached hydrogens (tertiary/aromatic N) is 7. The van der Waals surface area contributed by atoms with Crippen LogP contribution in [0.25, 0.3) is 17.2 Å². The summed E-state index contributed by atoms with van der Waals surface area (Å²) in [4.78, 5) is 46.0. The van der Waals surface area contributed by atoms with Crippen LogP contribution < -0.4 is 4.90 Å². The lowest BCUT2D eigenvalue weighted by Crippen LogP contribution is -2.62. The maximum Gasteiger partial charge on any atom is 0.236 e. The molecule has 2 aromatic heterocycles. The number of ether oxygens (including phenoxy) is 2. The molecular formula is C33H38ClN7O7S. The average molecular weight is 712 g/mol. The highest BCUT2D eigenvalue weighted by molar-refractivity contribution is 7.92. The van der Waals surface area contributed by atoms with Crippen LogP contribution in [-0.4, -0.2) is 132 Å². The number of pyridine rings is 1. The van der Waals surface area contributed by atoms with Crippen molar-refractivity contribution in [2.45, 2.75) is 24.9 Å². The molecule has 0 spiro atoms. The first kappa shape index (κ1) is 34.7. The second kappa shape index (κ2) is 15.6. The van der Waals surface area contributed by atoms with E-state index in [9.17, 15) is 23.1 Å². The topological polar surface area (TPSA) is 159 Å². The zero-order valence-electron chi connectivity index (χ0n) is 26.8. The Labute approximate surface area is 290 Å². The third-order valence-electron chi connectivity index (χ3n) is 8.82. The van der Waals surface area contributed by atoms with Crippen molar-refractivity contribution in [3.63, 3.8) is 0 Å². The van der Waals surface area contributed by atoms with Crippen LogP contribution in [0, 0.1) is 0 Å². The number of aromatic nitrogens is 3. The lowest BCUT2D eigenvalue weighted by Gasteiger charge is -2.46. The molecule has 16 heteroatoms. The SMILES string of the molecule is O=C(CC1CN(S(=O)(=O)C=Cc2ccc(Cl)cc2O)CC(CC(=O)N2CCOCC2)N1c1ncc(-c2ccncc2)cn1)N1CCOCC1. The Balaban J connectivity index is 1.35. The molecule has 3 aliphatic rings. The summed E-state index contributed by atoms with van der Waals surface area (Å²) in [5.74, 6) is -0.202. The fourth-order valence-electron chi connectivity index (χ4n) is 6.22. The first-order valence-corrected chi connectivity index (χ1v) is 17.9. The van der Waals surface area contributed by atoms with Crippen LogP contribution >= 0.6 is 11.6 Å². The fourth-order valence-corrected chi connectivity index (χ4v) is 7.63. The van der Waals surface area contributed by atoms with Crippen LogP contribution in [-0.2, 0) is 29.1 Å². The number of hydrogen-bond donors (Lipinski definition) is 1. The van der Waals surface area contributed by atoms with Crippen LogP contribution in [0.15, 0.2) is 60.5 Å². The largest absolute Gasteiger partial charge is 0.507 e. The lowest BCUT2D eigenvalue weighted by molar-refractivity contribution is -0.136. The van der Waals surface area contributed by atoms with E-state index >= 15 is 0 Å². The van der Waals surface area contributed by atoms with Crippen molar-refractivity contribution in [3.05, 3.63) is 71.1 Å². The van der Waals surface area contributed by atoms with Gasteiger partial charge < -0.3 is 29.3 Å². The minimum Gasteiger partial charge on any atom is -0.507 e. The number of morpholine rings is 2. The van der Waals surface area contributed by atoms with Gasteiger partial charge in [0.25, 0.3) is 0 Å². The highest BCUT2D eigenvalue weighted by Gasteiger charge is 2.42. The molecule has 3 aromatic rings. The molecule has 3 fully saturated rings. The molecule has 0 bridgehead atoms. The van der Waals surface area contributed by atoms with Gasteiger partial charge in [-0.3, -0.25) is 14.6 Å². The van der Waals surface area contributed by atoms with Crippen molar-refractivity contribution in [1.29, 1.82) is 0 Å². The van der Waals surface area contributed by atoms with E-state index in [0.29, 0.717) is 57.6 Å². The van der Waals surface area contributed by atoms with Gasteiger partial charge in [-0.1, -0.05) is 11.6 Å². The van der Waals surface area contributed by atoms with Gasteiger partial charge >= 0.3 is 0 Å². The van der Waals surface area contributed by atoms with Gasteiger partial charge in [-0.25, -0.2) is 18.4 Å². The summed E-state index contributed by atoms with van der Waals surface area (Å²) in [5.41, 5.74) is 1.89. The van der Waals surface area contributed by atoms with Crippen molar-refractivity contribution in [1.82, 2.24) is 29.1 Å². The number of sulfonamides is 1. The van der Waals surface area contributed by atoms with Gasteiger partial charge in [-0.05, 0) is 42.0 Å². The van der Waals surface area contributed by atoms with E-state index in [2.05, 4.69) is 15.0 Å². The van der Waals surface area contributed by atoms with E-state index in [-0.39, 0.29) is 55.0 Å². The van der Waals surface area contributed by atoms with Gasteiger partial charge in [0.2, 0.25) is 27.8 Å². The van der Waals surface area contributed by atoms with Crippen molar-refractivity contribution < 1.29 is 32.6 Å². The second-order valence-corrected chi connectivity index (χ2v) is 14.2. The number of phenols is 1. The molecule has 1 aromatic carbocycles. The Morgan fingerprint density at radius 3 is 1.94 bits per heavy atom. The molecule has 49 heavy (non-hydrogen) atoms. The number of carbonyl (C=O) groups excluding carboxylic acids is 2. The van der Waals surface area contributed by atoms with Gasteiger partial charge in [0.15, 0.2) is 0 Å². The number of hydrogen-bond acceptors (Lipinski definition) is 11. The molecule has 260 valence electrons. The predicted molar refractivity (Wildman–Crippen MR) is 182 cm³/mol. The third kappa shape index (κ3) is 8.54. The molecule has 2 atom stereocenters. The van der Waals surface area contributed by atoms with Gasteiger partial charge in [-0.2, -0.15) is 4.31 Å². The number of carbonyl (C=O) groups is 2. The van der Waals surface area contributed by atoms with E-state index in [1.54, 1.807) is 40.7 Å². The van der Waals surface area contributed by atoms with Crippen molar-refractivity contribution >= 4 is 45.5 Å². The molecule has 3 saturated heterocycles. The summed E-state index contributed by atoms with van der Waals surface area (Å²) in [7, 11) is -4.10. The van der Waals surface area contributed by atoms with Gasteiger partial charge in [0, 0.05) is 98.5 Å². The van der Waals surface area contributed by atoms with Gasteiger partial charge in [0.1, 0.15) is 5.75 Å². The molecule has 0 aliphatic carbocycles. The molecule has 0 saturated carbocycles. The molecule has 1 N–H and O–H groups in total.